The first kappa shape index (κ1) is 13.8. The second-order valence-electron chi connectivity index (χ2n) is 5.06. The number of benzene rings is 1. The Morgan fingerprint density at radius 2 is 2.10 bits per heavy atom. The maximum Gasteiger partial charge on any atom is 0.103 e. The molecule has 5 heteroatoms. The molecular weight excluding hydrogens is 264 g/mol. The van der Waals surface area contributed by atoms with Crippen LogP contribution in [0.3, 0.4) is 0 Å². The highest BCUT2D eigenvalue weighted by atomic mass is 16.5. The number of ether oxygens (including phenoxy) is 1. The lowest BCUT2D eigenvalue weighted by Crippen LogP contribution is -2.39. The first-order chi connectivity index (χ1) is 10.4. The molecule has 1 aromatic heterocycles. The fourth-order valence-corrected chi connectivity index (χ4v) is 2.58. The van der Waals surface area contributed by atoms with Crippen molar-refractivity contribution >= 4 is 16.6 Å². The number of pyridine rings is 1. The van der Waals surface area contributed by atoms with Crippen molar-refractivity contribution in [3.05, 3.63) is 36.0 Å². The third kappa shape index (κ3) is 3.13. The van der Waals surface area contributed by atoms with E-state index < -0.39 is 0 Å². The Hall–Kier alpha value is -2.16. The number of nitriles is 1. The summed E-state index contributed by atoms with van der Waals surface area (Å²) in [6.45, 7) is 5.32. The smallest absolute Gasteiger partial charge is 0.103 e. The molecule has 0 radical (unpaired) electrons. The molecule has 0 unspecified atom stereocenters. The van der Waals surface area contributed by atoms with Crippen LogP contribution >= 0.6 is 0 Å². The minimum atomic E-state index is 0.593. The second-order valence-corrected chi connectivity index (χ2v) is 5.06. The van der Waals surface area contributed by atoms with E-state index in [4.69, 9.17) is 4.74 Å². The lowest BCUT2D eigenvalue weighted by molar-refractivity contribution is 0.0398. The summed E-state index contributed by atoms with van der Waals surface area (Å²) in [6, 6.07) is 10.1. The molecule has 1 N–H and O–H groups in total. The van der Waals surface area contributed by atoms with Crippen LogP contribution in [0.1, 0.15) is 5.56 Å². The number of aromatic nitrogens is 1. The number of hydrogen-bond donors (Lipinski definition) is 1. The van der Waals surface area contributed by atoms with Gasteiger partial charge < -0.3 is 10.1 Å². The van der Waals surface area contributed by atoms with Crippen molar-refractivity contribution in [3.8, 4) is 6.07 Å². The van der Waals surface area contributed by atoms with Crippen molar-refractivity contribution in [2.24, 2.45) is 0 Å². The van der Waals surface area contributed by atoms with Crippen LogP contribution in [0.2, 0.25) is 0 Å². The summed E-state index contributed by atoms with van der Waals surface area (Å²) in [4.78, 5) is 6.69. The molecule has 1 aliphatic heterocycles. The minimum Gasteiger partial charge on any atom is -0.382 e. The molecule has 1 saturated heterocycles. The Bertz CT molecular complexity index is 659. The highest BCUT2D eigenvalue weighted by Gasteiger charge is 2.11. The number of nitrogens with one attached hydrogen (secondary N) is 1. The van der Waals surface area contributed by atoms with Crippen LogP contribution in [0, 0.1) is 11.3 Å². The van der Waals surface area contributed by atoms with E-state index in [1.807, 2.05) is 24.3 Å². The molecule has 0 amide bonds. The summed E-state index contributed by atoms with van der Waals surface area (Å²) in [5, 5.41) is 13.7. The van der Waals surface area contributed by atoms with E-state index in [1.165, 1.54) is 0 Å². The van der Waals surface area contributed by atoms with Gasteiger partial charge in [-0.25, -0.2) is 0 Å². The van der Waals surface area contributed by atoms with Gasteiger partial charge in [-0.1, -0.05) is 18.2 Å². The molecule has 5 nitrogen and oxygen atoms in total. The van der Waals surface area contributed by atoms with E-state index in [0.717, 1.165) is 56.0 Å². The largest absolute Gasteiger partial charge is 0.382 e. The molecule has 1 aliphatic rings. The average molecular weight is 282 g/mol. The molecule has 0 atom stereocenters. The van der Waals surface area contributed by atoms with Crippen LogP contribution < -0.4 is 5.32 Å². The number of para-hydroxylation sites is 1. The van der Waals surface area contributed by atoms with E-state index in [1.54, 1.807) is 6.20 Å². The standard InChI is InChI=1S/C16H18N4O/c17-11-13-12-19-15-4-2-1-3-14(15)16(13)18-5-6-20-7-9-21-10-8-20/h1-4,12H,5-10H2,(H,18,19). The van der Waals surface area contributed by atoms with E-state index in [2.05, 4.69) is 21.3 Å². The molecule has 0 saturated carbocycles. The lowest BCUT2D eigenvalue weighted by atomic mass is 10.1. The third-order valence-corrected chi connectivity index (χ3v) is 3.73. The highest BCUT2D eigenvalue weighted by Crippen LogP contribution is 2.25. The van der Waals surface area contributed by atoms with Gasteiger partial charge in [0, 0.05) is 37.8 Å². The zero-order valence-electron chi connectivity index (χ0n) is 11.9. The number of anilines is 1. The van der Waals surface area contributed by atoms with Crippen LogP contribution in [0.15, 0.2) is 30.5 Å². The van der Waals surface area contributed by atoms with Crippen LogP contribution in [0.4, 0.5) is 5.69 Å². The van der Waals surface area contributed by atoms with Gasteiger partial charge in [-0.2, -0.15) is 5.26 Å². The summed E-state index contributed by atoms with van der Waals surface area (Å²) in [5.74, 6) is 0. The van der Waals surface area contributed by atoms with E-state index in [9.17, 15) is 5.26 Å². The number of hydrogen-bond acceptors (Lipinski definition) is 5. The summed E-state index contributed by atoms with van der Waals surface area (Å²) >= 11 is 0. The van der Waals surface area contributed by atoms with E-state index in [0.29, 0.717) is 5.56 Å². The van der Waals surface area contributed by atoms with Crippen molar-refractivity contribution in [1.82, 2.24) is 9.88 Å². The molecule has 1 aromatic carbocycles. The number of fused-ring (bicyclic) bond motifs is 1. The van der Waals surface area contributed by atoms with Gasteiger partial charge in [0.15, 0.2) is 0 Å². The fourth-order valence-electron chi connectivity index (χ4n) is 2.58. The first-order valence-electron chi connectivity index (χ1n) is 7.20. The topological polar surface area (TPSA) is 61.2 Å². The van der Waals surface area contributed by atoms with Crippen LogP contribution in [-0.2, 0) is 4.74 Å². The number of nitrogens with zero attached hydrogens (tertiary/aromatic N) is 3. The van der Waals surface area contributed by atoms with Gasteiger partial charge in [0.1, 0.15) is 6.07 Å². The number of rotatable bonds is 4. The molecule has 108 valence electrons. The summed E-state index contributed by atoms with van der Waals surface area (Å²) in [7, 11) is 0. The van der Waals surface area contributed by atoms with Gasteiger partial charge in [-0.05, 0) is 6.07 Å². The average Bonchev–Trinajstić information content (AvgIpc) is 2.56. The van der Waals surface area contributed by atoms with Gasteiger partial charge in [-0.3, -0.25) is 9.88 Å². The zero-order chi connectivity index (χ0) is 14.5. The van der Waals surface area contributed by atoms with Crippen molar-refractivity contribution in [2.75, 3.05) is 44.7 Å². The molecule has 3 rings (SSSR count). The highest BCUT2D eigenvalue weighted by molar-refractivity contribution is 5.93. The Kier molecular flexibility index (Phi) is 4.29. The van der Waals surface area contributed by atoms with Gasteiger partial charge in [0.05, 0.1) is 30.0 Å². The number of morpholine rings is 1. The minimum absolute atomic E-state index is 0.593. The second kappa shape index (κ2) is 6.53. The summed E-state index contributed by atoms with van der Waals surface area (Å²) < 4.78 is 5.35. The molecule has 0 bridgehead atoms. The predicted molar refractivity (Wildman–Crippen MR) is 82.2 cm³/mol. The predicted octanol–water partition coefficient (Wildman–Crippen LogP) is 1.85. The quantitative estimate of drug-likeness (QED) is 0.927. The molecule has 0 aliphatic carbocycles. The van der Waals surface area contributed by atoms with E-state index in [-0.39, 0.29) is 0 Å². The Labute approximate surface area is 124 Å². The molecular formula is C16H18N4O. The zero-order valence-corrected chi connectivity index (χ0v) is 11.9. The Morgan fingerprint density at radius 3 is 2.90 bits per heavy atom. The van der Waals surface area contributed by atoms with Crippen LogP contribution in [0.25, 0.3) is 10.9 Å². The normalized spacial score (nSPS) is 15.8. The Balaban J connectivity index is 1.74. The van der Waals surface area contributed by atoms with Crippen molar-refractivity contribution < 1.29 is 4.74 Å². The van der Waals surface area contributed by atoms with Gasteiger partial charge in [0.2, 0.25) is 0 Å². The summed E-state index contributed by atoms with van der Waals surface area (Å²) in [5.41, 5.74) is 2.39. The molecule has 21 heavy (non-hydrogen) atoms. The molecule has 2 heterocycles. The summed E-state index contributed by atoms with van der Waals surface area (Å²) in [6.07, 6.45) is 1.64. The molecule has 1 fully saturated rings. The molecule has 2 aromatic rings. The van der Waals surface area contributed by atoms with Crippen LogP contribution in [0.5, 0.6) is 0 Å². The van der Waals surface area contributed by atoms with E-state index >= 15 is 0 Å². The van der Waals surface area contributed by atoms with Gasteiger partial charge >= 0.3 is 0 Å². The Morgan fingerprint density at radius 1 is 1.29 bits per heavy atom. The monoisotopic (exact) mass is 282 g/mol. The maximum absolute atomic E-state index is 9.27. The maximum atomic E-state index is 9.27. The first-order valence-corrected chi connectivity index (χ1v) is 7.20. The van der Waals surface area contributed by atoms with Crippen molar-refractivity contribution in [3.63, 3.8) is 0 Å². The van der Waals surface area contributed by atoms with Gasteiger partial charge in [-0.15, -0.1) is 0 Å². The van der Waals surface area contributed by atoms with Crippen molar-refractivity contribution in [2.45, 2.75) is 0 Å². The van der Waals surface area contributed by atoms with Crippen LogP contribution in [-0.4, -0.2) is 49.3 Å². The fraction of sp³-hybridized carbons (Fsp3) is 0.375. The SMILES string of the molecule is N#Cc1cnc2ccccc2c1NCCN1CCOCC1. The van der Waals surface area contributed by atoms with Gasteiger partial charge in [0.25, 0.3) is 0 Å². The third-order valence-electron chi connectivity index (χ3n) is 3.73. The lowest BCUT2D eigenvalue weighted by Gasteiger charge is -2.26. The van der Waals surface area contributed by atoms with Crippen molar-refractivity contribution in [1.29, 1.82) is 5.26 Å². The molecule has 0 spiro atoms.